The number of ether oxygens (including phenoxy) is 1. The van der Waals surface area contributed by atoms with E-state index in [1.165, 1.54) is 0 Å². The number of rotatable bonds is 7. The van der Waals surface area contributed by atoms with Crippen LogP contribution in [0.25, 0.3) is 0 Å². The number of nitrogens with zero attached hydrogens (tertiary/aromatic N) is 2. The number of hydrogen-bond donors (Lipinski definition) is 2. The summed E-state index contributed by atoms with van der Waals surface area (Å²) in [6.45, 7) is 2.24. The maximum atomic E-state index is 12.5. The molecule has 0 bridgehead atoms. The first-order valence-corrected chi connectivity index (χ1v) is 9.21. The van der Waals surface area contributed by atoms with E-state index in [2.05, 4.69) is 20.6 Å². The Kier molecular flexibility index (Phi) is 6.45. The van der Waals surface area contributed by atoms with Gasteiger partial charge in [-0.1, -0.05) is 29.8 Å². The molecule has 0 saturated heterocycles. The summed E-state index contributed by atoms with van der Waals surface area (Å²) in [5, 5.41) is 6.66. The van der Waals surface area contributed by atoms with Gasteiger partial charge in [-0.05, 0) is 49.2 Å². The number of carbonyl (C=O) groups is 1. The van der Waals surface area contributed by atoms with Gasteiger partial charge in [0.15, 0.2) is 0 Å². The van der Waals surface area contributed by atoms with Crippen molar-refractivity contribution in [2.45, 2.75) is 13.3 Å². The van der Waals surface area contributed by atoms with Crippen molar-refractivity contribution >= 4 is 29.0 Å². The van der Waals surface area contributed by atoms with Crippen LogP contribution in [0, 0.1) is 6.92 Å². The molecule has 144 valence electrons. The minimum Gasteiger partial charge on any atom is -0.497 e. The fourth-order valence-electron chi connectivity index (χ4n) is 2.70. The third-order valence-electron chi connectivity index (χ3n) is 4.00. The summed E-state index contributed by atoms with van der Waals surface area (Å²) in [6, 6.07) is 16.7. The largest absolute Gasteiger partial charge is 0.497 e. The molecule has 0 radical (unpaired) electrons. The smallest absolute Gasteiger partial charge is 0.270 e. The fraction of sp³-hybridized carbons (Fsp3) is 0.190. The maximum absolute atomic E-state index is 12.5. The standard InChI is InChI=1S/C21H21ClN4O2/c1-14-24-19(13-20(25-14)26-17-7-4-6-16(22)12-17)21(27)23-10-9-15-5-3-8-18(11-15)28-2/h3-8,11-13H,9-10H2,1-2H3,(H,23,27)(H,24,25,26). The molecule has 2 N–H and O–H groups in total. The van der Waals surface area contributed by atoms with Crippen molar-refractivity contribution in [1.82, 2.24) is 15.3 Å². The van der Waals surface area contributed by atoms with Crippen LogP contribution in [0.5, 0.6) is 5.75 Å². The topological polar surface area (TPSA) is 76.1 Å². The zero-order chi connectivity index (χ0) is 19.9. The van der Waals surface area contributed by atoms with E-state index in [-0.39, 0.29) is 5.91 Å². The summed E-state index contributed by atoms with van der Waals surface area (Å²) >= 11 is 6.01. The highest BCUT2D eigenvalue weighted by Gasteiger charge is 2.11. The van der Waals surface area contributed by atoms with Gasteiger partial charge in [-0.25, -0.2) is 9.97 Å². The van der Waals surface area contributed by atoms with Gasteiger partial charge >= 0.3 is 0 Å². The summed E-state index contributed by atoms with van der Waals surface area (Å²) in [5.41, 5.74) is 2.18. The Morgan fingerprint density at radius 1 is 1.11 bits per heavy atom. The van der Waals surface area contributed by atoms with E-state index in [1.807, 2.05) is 36.4 Å². The highest BCUT2D eigenvalue weighted by Crippen LogP contribution is 2.19. The van der Waals surface area contributed by atoms with Gasteiger partial charge in [-0.3, -0.25) is 4.79 Å². The number of carbonyl (C=O) groups excluding carboxylic acids is 1. The summed E-state index contributed by atoms with van der Waals surface area (Å²) in [5.74, 6) is 1.59. The molecule has 0 atom stereocenters. The van der Waals surface area contributed by atoms with Crippen molar-refractivity contribution in [3.05, 3.63) is 76.7 Å². The molecule has 0 aliphatic carbocycles. The Balaban J connectivity index is 1.63. The highest BCUT2D eigenvalue weighted by atomic mass is 35.5. The molecule has 0 saturated carbocycles. The lowest BCUT2D eigenvalue weighted by Crippen LogP contribution is -2.27. The number of nitrogens with one attached hydrogen (secondary N) is 2. The molecule has 1 aromatic heterocycles. The lowest BCUT2D eigenvalue weighted by atomic mass is 10.1. The predicted octanol–water partition coefficient (Wildman–Crippen LogP) is 4.16. The second kappa shape index (κ2) is 9.19. The Labute approximate surface area is 168 Å². The van der Waals surface area contributed by atoms with Crippen LogP contribution >= 0.6 is 11.6 Å². The minimum atomic E-state index is -0.248. The first kappa shape index (κ1) is 19.6. The number of amides is 1. The summed E-state index contributed by atoms with van der Waals surface area (Å²) in [4.78, 5) is 21.1. The molecule has 1 amide bonds. The molecule has 1 heterocycles. The summed E-state index contributed by atoms with van der Waals surface area (Å²) < 4.78 is 5.21. The SMILES string of the molecule is COc1cccc(CCNC(=O)c2cc(Nc3cccc(Cl)c3)nc(C)n2)c1. The average Bonchev–Trinajstić information content (AvgIpc) is 2.67. The number of methoxy groups -OCH3 is 1. The van der Waals surface area contributed by atoms with Crippen molar-refractivity contribution < 1.29 is 9.53 Å². The Bertz CT molecular complexity index is 978. The van der Waals surface area contributed by atoms with Crippen LogP contribution in [0.1, 0.15) is 21.9 Å². The Hall–Kier alpha value is -3.12. The summed E-state index contributed by atoms with van der Waals surface area (Å²) in [7, 11) is 1.63. The molecule has 0 aliphatic heterocycles. The molecule has 0 spiro atoms. The molecule has 3 rings (SSSR count). The first-order valence-electron chi connectivity index (χ1n) is 8.83. The fourth-order valence-corrected chi connectivity index (χ4v) is 2.89. The molecular formula is C21H21ClN4O2. The van der Waals surface area contributed by atoms with Gasteiger partial charge in [0.2, 0.25) is 0 Å². The molecule has 2 aromatic carbocycles. The molecule has 0 aliphatic rings. The van der Waals surface area contributed by atoms with Crippen LogP contribution in [-0.2, 0) is 6.42 Å². The first-order chi connectivity index (χ1) is 13.5. The highest BCUT2D eigenvalue weighted by molar-refractivity contribution is 6.30. The van der Waals surface area contributed by atoms with Crippen LogP contribution in [0.15, 0.2) is 54.6 Å². The molecule has 0 fully saturated rings. The van der Waals surface area contributed by atoms with Gasteiger partial charge in [0.25, 0.3) is 5.91 Å². The number of aromatic nitrogens is 2. The van der Waals surface area contributed by atoms with E-state index < -0.39 is 0 Å². The second-order valence-electron chi connectivity index (χ2n) is 6.18. The molecule has 0 unspecified atom stereocenters. The lowest BCUT2D eigenvalue weighted by molar-refractivity contribution is 0.0949. The van der Waals surface area contributed by atoms with Gasteiger partial charge < -0.3 is 15.4 Å². The quantitative estimate of drug-likeness (QED) is 0.627. The van der Waals surface area contributed by atoms with Crippen molar-refractivity contribution in [3.8, 4) is 5.75 Å². The maximum Gasteiger partial charge on any atom is 0.270 e. The van der Waals surface area contributed by atoms with Gasteiger partial charge in [0, 0.05) is 23.3 Å². The van der Waals surface area contributed by atoms with Gasteiger partial charge in [-0.2, -0.15) is 0 Å². The number of benzene rings is 2. The normalized spacial score (nSPS) is 10.4. The number of anilines is 2. The van der Waals surface area contributed by atoms with E-state index in [1.54, 1.807) is 32.2 Å². The van der Waals surface area contributed by atoms with Crippen LogP contribution < -0.4 is 15.4 Å². The van der Waals surface area contributed by atoms with Crippen LogP contribution in [0.3, 0.4) is 0 Å². The van der Waals surface area contributed by atoms with E-state index in [4.69, 9.17) is 16.3 Å². The Morgan fingerprint density at radius 3 is 2.71 bits per heavy atom. The molecular weight excluding hydrogens is 376 g/mol. The van der Waals surface area contributed by atoms with Crippen molar-refractivity contribution in [2.75, 3.05) is 19.0 Å². The molecule has 6 nitrogen and oxygen atoms in total. The zero-order valence-corrected chi connectivity index (χ0v) is 16.5. The van der Waals surface area contributed by atoms with Gasteiger partial charge in [0.1, 0.15) is 23.1 Å². The van der Waals surface area contributed by atoms with Crippen molar-refractivity contribution in [3.63, 3.8) is 0 Å². The Morgan fingerprint density at radius 2 is 1.93 bits per heavy atom. The van der Waals surface area contributed by atoms with E-state index >= 15 is 0 Å². The van der Waals surface area contributed by atoms with E-state index in [0.29, 0.717) is 35.3 Å². The van der Waals surface area contributed by atoms with E-state index in [0.717, 1.165) is 17.0 Å². The predicted molar refractivity (Wildman–Crippen MR) is 111 cm³/mol. The van der Waals surface area contributed by atoms with Gasteiger partial charge in [-0.15, -0.1) is 0 Å². The zero-order valence-electron chi connectivity index (χ0n) is 15.7. The van der Waals surface area contributed by atoms with Crippen molar-refractivity contribution in [1.29, 1.82) is 0 Å². The molecule has 7 heteroatoms. The average molecular weight is 397 g/mol. The van der Waals surface area contributed by atoms with Crippen LogP contribution in [-0.4, -0.2) is 29.5 Å². The summed E-state index contributed by atoms with van der Waals surface area (Å²) in [6.07, 6.45) is 0.695. The minimum absolute atomic E-state index is 0.248. The van der Waals surface area contributed by atoms with Crippen LogP contribution in [0.4, 0.5) is 11.5 Å². The lowest BCUT2D eigenvalue weighted by Gasteiger charge is -2.10. The van der Waals surface area contributed by atoms with Crippen molar-refractivity contribution in [2.24, 2.45) is 0 Å². The van der Waals surface area contributed by atoms with E-state index in [9.17, 15) is 4.79 Å². The molecule has 3 aromatic rings. The second-order valence-corrected chi connectivity index (χ2v) is 6.61. The molecule has 28 heavy (non-hydrogen) atoms. The third-order valence-corrected chi connectivity index (χ3v) is 4.24. The number of aryl methyl sites for hydroxylation is 1. The number of halogens is 1. The number of hydrogen-bond acceptors (Lipinski definition) is 5. The van der Waals surface area contributed by atoms with Crippen LogP contribution in [0.2, 0.25) is 5.02 Å². The third kappa shape index (κ3) is 5.44. The van der Waals surface area contributed by atoms with Gasteiger partial charge in [0.05, 0.1) is 7.11 Å². The monoisotopic (exact) mass is 396 g/mol.